The first-order valence-corrected chi connectivity index (χ1v) is 5.12. The summed E-state index contributed by atoms with van der Waals surface area (Å²) < 4.78 is 0. The fourth-order valence-corrected chi connectivity index (χ4v) is 0.854. The fraction of sp³-hybridized carbons (Fsp3) is 1.00. The highest BCUT2D eigenvalue weighted by molar-refractivity contribution is 5.85. The minimum atomic E-state index is 0. The maximum Gasteiger partial charge on any atom is -0.00368 e. The molecule has 1 fully saturated rings. The summed E-state index contributed by atoms with van der Waals surface area (Å²) in [6.07, 6.45) is 8.40. The molecule has 0 aromatic rings. The maximum absolute atomic E-state index is 3.11. The van der Waals surface area contributed by atoms with E-state index >= 15 is 0 Å². The third kappa shape index (κ3) is 12.9. The summed E-state index contributed by atoms with van der Waals surface area (Å²) in [6.45, 7) is 6.99. The molecule has 0 radical (unpaired) electrons. The fourth-order valence-electron chi connectivity index (χ4n) is 0.854. The van der Waals surface area contributed by atoms with Gasteiger partial charge in [0.05, 0.1) is 0 Å². The molecule has 76 valence electrons. The first-order valence-electron chi connectivity index (χ1n) is 5.12. The molecule has 0 aromatic carbocycles. The minimum Gasteiger partial charge on any atom is -0.317 e. The molecular weight excluding hydrogens is 170 g/mol. The largest absolute Gasteiger partial charge is 0.317 e. The van der Waals surface area contributed by atoms with Crippen molar-refractivity contribution in [2.75, 3.05) is 13.1 Å². The molecule has 0 spiro atoms. The van der Waals surface area contributed by atoms with Gasteiger partial charge in [0.25, 0.3) is 0 Å². The van der Waals surface area contributed by atoms with Crippen LogP contribution in [0.1, 0.15) is 52.4 Å². The lowest BCUT2D eigenvalue weighted by Crippen LogP contribution is -2.29. The highest BCUT2D eigenvalue weighted by Crippen LogP contribution is 2.00. The van der Waals surface area contributed by atoms with Gasteiger partial charge in [0.2, 0.25) is 0 Å². The number of hydrogen-bond donors (Lipinski definition) is 1. The van der Waals surface area contributed by atoms with E-state index in [1.807, 2.05) is 0 Å². The van der Waals surface area contributed by atoms with Crippen molar-refractivity contribution < 1.29 is 0 Å². The average molecular weight is 194 g/mol. The molecule has 0 unspecified atom stereocenters. The Hall–Kier alpha value is 0.250. The van der Waals surface area contributed by atoms with Gasteiger partial charge in [0.15, 0.2) is 0 Å². The second kappa shape index (κ2) is 13.8. The molecule has 1 heterocycles. The highest BCUT2D eigenvalue weighted by Gasteiger charge is 1.92. The van der Waals surface area contributed by atoms with Crippen LogP contribution in [-0.2, 0) is 0 Å². The average Bonchev–Trinajstić information content (AvgIpc) is 1.85. The van der Waals surface area contributed by atoms with Gasteiger partial charge in [-0.05, 0) is 19.5 Å². The molecule has 12 heavy (non-hydrogen) atoms. The lowest BCUT2D eigenvalue weighted by Gasteiger charge is -2.09. The van der Waals surface area contributed by atoms with Crippen LogP contribution in [0.2, 0.25) is 0 Å². The molecule has 1 N–H and O–H groups in total. The Balaban J connectivity index is 0. The summed E-state index contributed by atoms with van der Waals surface area (Å²) in [4.78, 5) is 0. The summed E-state index contributed by atoms with van der Waals surface area (Å²) >= 11 is 0. The molecule has 1 rings (SSSR count). The van der Waals surface area contributed by atoms with Crippen LogP contribution in [0.5, 0.6) is 0 Å². The summed E-state index contributed by atoms with van der Waals surface area (Å²) in [6, 6.07) is 0. The van der Waals surface area contributed by atoms with Gasteiger partial charge < -0.3 is 5.32 Å². The molecule has 0 amide bonds. The van der Waals surface area contributed by atoms with E-state index in [1.54, 1.807) is 0 Å². The second-order valence-electron chi connectivity index (χ2n) is 3.16. The van der Waals surface area contributed by atoms with Crippen LogP contribution in [0.3, 0.4) is 0 Å². The Bertz CT molecular complexity index is 54.9. The van der Waals surface area contributed by atoms with Crippen LogP contribution in [-0.4, -0.2) is 13.1 Å². The Labute approximate surface area is 83.7 Å². The Morgan fingerprint density at radius 3 is 1.42 bits per heavy atom. The summed E-state index contributed by atoms with van der Waals surface area (Å²) in [5, 5.41) is 3.11. The van der Waals surface area contributed by atoms with Gasteiger partial charge in [-0.1, -0.05) is 46.0 Å². The normalized spacial score (nSPS) is 13.5. The van der Waals surface area contributed by atoms with Crippen molar-refractivity contribution >= 4 is 12.4 Å². The molecule has 2 heteroatoms. The smallest absolute Gasteiger partial charge is 0.00368 e. The van der Waals surface area contributed by atoms with E-state index in [0.29, 0.717) is 0 Å². The van der Waals surface area contributed by atoms with Crippen LogP contribution < -0.4 is 5.32 Å². The maximum atomic E-state index is 3.11. The van der Waals surface area contributed by atoms with Gasteiger partial charge in [0, 0.05) is 0 Å². The molecule has 1 saturated heterocycles. The van der Waals surface area contributed by atoms with E-state index in [2.05, 4.69) is 19.2 Å². The van der Waals surface area contributed by atoms with Crippen molar-refractivity contribution in [1.82, 2.24) is 5.32 Å². The summed E-state index contributed by atoms with van der Waals surface area (Å²) in [5.74, 6) is 0. The van der Waals surface area contributed by atoms with Crippen molar-refractivity contribution in [1.29, 1.82) is 0 Å². The minimum absolute atomic E-state index is 0. The predicted octanol–water partition coefficient (Wildman–Crippen LogP) is 3.38. The second-order valence-corrected chi connectivity index (χ2v) is 3.16. The van der Waals surface area contributed by atoms with Crippen LogP contribution in [0.25, 0.3) is 0 Å². The summed E-state index contributed by atoms with van der Waals surface area (Å²) in [7, 11) is 0. The number of halogens is 1. The van der Waals surface area contributed by atoms with E-state index < -0.39 is 0 Å². The zero-order chi connectivity index (χ0) is 8.36. The molecule has 0 aromatic heterocycles. The van der Waals surface area contributed by atoms with E-state index in [1.165, 1.54) is 51.6 Å². The Morgan fingerprint density at radius 1 is 0.917 bits per heavy atom. The van der Waals surface area contributed by atoms with Gasteiger partial charge in [0.1, 0.15) is 0 Å². The van der Waals surface area contributed by atoms with Crippen LogP contribution in [0.4, 0.5) is 0 Å². The van der Waals surface area contributed by atoms with Crippen LogP contribution in [0.15, 0.2) is 0 Å². The first-order chi connectivity index (χ1) is 5.41. The number of nitrogens with one attached hydrogen (secondary N) is 1. The number of unbranched alkanes of at least 4 members (excludes halogenated alkanes) is 4. The third-order valence-corrected chi connectivity index (χ3v) is 1.91. The van der Waals surface area contributed by atoms with Crippen LogP contribution in [0, 0.1) is 0 Å². The SMILES string of the molecule is C1CNC1.CCCCCCC.Cl. The lowest BCUT2D eigenvalue weighted by molar-refractivity contribution is 0.527. The number of rotatable bonds is 4. The quantitative estimate of drug-likeness (QED) is 0.676. The van der Waals surface area contributed by atoms with Crippen molar-refractivity contribution in [2.24, 2.45) is 0 Å². The van der Waals surface area contributed by atoms with Crippen molar-refractivity contribution in [3.8, 4) is 0 Å². The summed E-state index contributed by atoms with van der Waals surface area (Å²) in [5.41, 5.74) is 0. The molecule has 0 aliphatic carbocycles. The lowest BCUT2D eigenvalue weighted by atomic mass is 10.2. The van der Waals surface area contributed by atoms with Crippen molar-refractivity contribution in [3.63, 3.8) is 0 Å². The topological polar surface area (TPSA) is 12.0 Å². The van der Waals surface area contributed by atoms with Gasteiger partial charge >= 0.3 is 0 Å². The first kappa shape index (κ1) is 14.8. The number of hydrogen-bond acceptors (Lipinski definition) is 1. The van der Waals surface area contributed by atoms with Gasteiger partial charge in [-0.15, -0.1) is 12.4 Å². The molecule has 0 saturated carbocycles. The standard InChI is InChI=1S/C7H16.C3H7N.ClH/c1-3-5-7-6-4-2;1-2-4-3-1;/h3-7H2,1-2H3;4H,1-3H2;1H. The predicted molar refractivity (Wildman–Crippen MR) is 59.2 cm³/mol. The molecular formula is C10H24ClN. The monoisotopic (exact) mass is 193 g/mol. The highest BCUT2D eigenvalue weighted by atomic mass is 35.5. The molecule has 0 bridgehead atoms. The van der Waals surface area contributed by atoms with E-state index in [9.17, 15) is 0 Å². The zero-order valence-electron chi connectivity index (χ0n) is 8.57. The van der Waals surface area contributed by atoms with E-state index in [-0.39, 0.29) is 12.4 Å². The van der Waals surface area contributed by atoms with Gasteiger partial charge in [-0.3, -0.25) is 0 Å². The van der Waals surface area contributed by atoms with Crippen molar-refractivity contribution in [3.05, 3.63) is 0 Å². The zero-order valence-corrected chi connectivity index (χ0v) is 9.38. The Kier molecular flexibility index (Phi) is 17.0. The molecule has 1 aliphatic rings. The third-order valence-electron chi connectivity index (χ3n) is 1.91. The molecule has 1 aliphatic heterocycles. The van der Waals surface area contributed by atoms with Gasteiger partial charge in [-0.2, -0.15) is 0 Å². The molecule has 1 nitrogen and oxygen atoms in total. The van der Waals surface area contributed by atoms with Crippen molar-refractivity contribution in [2.45, 2.75) is 52.4 Å². The van der Waals surface area contributed by atoms with E-state index in [0.717, 1.165) is 0 Å². The van der Waals surface area contributed by atoms with E-state index in [4.69, 9.17) is 0 Å². The van der Waals surface area contributed by atoms with Gasteiger partial charge in [-0.25, -0.2) is 0 Å². The molecule has 0 atom stereocenters. The Morgan fingerprint density at radius 2 is 1.25 bits per heavy atom. The van der Waals surface area contributed by atoms with Crippen LogP contribution >= 0.6 is 12.4 Å².